The van der Waals surface area contributed by atoms with E-state index in [2.05, 4.69) is 15.5 Å². The Balaban J connectivity index is 1.71. The highest BCUT2D eigenvalue weighted by Crippen LogP contribution is 2.29. The summed E-state index contributed by atoms with van der Waals surface area (Å²) in [6.45, 7) is 6.72. The van der Waals surface area contributed by atoms with Crippen LogP contribution in [0, 0.1) is 13.8 Å². The standard InChI is InChI=1S/C20H21ClN4OS/c1-4-25-19(15-7-5-6-8-16(15)21)23-24-20(25)27-12-18(26)22-17-10-9-13(2)11-14(17)3/h5-11H,4,12H2,1-3H3,(H,22,26). The number of amides is 1. The highest BCUT2D eigenvalue weighted by atomic mass is 35.5. The van der Waals surface area contributed by atoms with Crippen molar-refractivity contribution in [2.45, 2.75) is 32.5 Å². The molecule has 0 unspecified atom stereocenters. The molecule has 1 amide bonds. The molecule has 7 heteroatoms. The van der Waals surface area contributed by atoms with E-state index < -0.39 is 0 Å². The summed E-state index contributed by atoms with van der Waals surface area (Å²) in [5, 5.41) is 12.8. The van der Waals surface area contributed by atoms with E-state index in [9.17, 15) is 4.79 Å². The van der Waals surface area contributed by atoms with Crippen LogP contribution in [-0.4, -0.2) is 26.4 Å². The number of rotatable bonds is 6. The molecule has 1 N–H and O–H groups in total. The van der Waals surface area contributed by atoms with Gasteiger partial charge in [-0.3, -0.25) is 4.79 Å². The number of nitrogens with one attached hydrogen (secondary N) is 1. The Morgan fingerprint density at radius 3 is 2.67 bits per heavy atom. The van der Waals surface area contributed by atoms with Crippen LogP contribution in [0.3, 0.4) is 0 Å². The molecule has 140 valence electrons. The third-order valence-electron chi connectivity index (χ3n) is 4.14. The van der Waals surface area contributed by atoms with Crippen LogP contribution in [0.2, 0.25) is 5.02 Å². The summed E-state index contributed by atoms with van der Waals surface area (Å²) in [4.78, 5) is 12.3. The molecule has 0 aliphatic rings. The summed E-state index contributed by atoms with van der Waals surface area (Å²) in [7, 11) is 0. The van der Waals surface area contributed by atoms with Gasteiger partial charge in [0, 0.05) is 17.8 Å². The SMILES string of the molecule is CCn1c(SCC(=O)Nc2ccc(C)cc2C)nnc1-c1ccccc1Cl. The minimum absolute atomic E-state index is 0.0723. The van der Waals surface area contributed by atoms with Gasteiger partial charge in [0.1, 0.15) is 0 Å². The highest BCUT2D eigenvalue weighted by molar-refractivity contribution is 7.99. The van der Waals surface area contributed by atoms with Crippen LogP contribution in [-0.2, 0) is 11.3 Å². The van der Waals surface area contributed by atoms with Crippen molar-refractivity contribution in [3.63, 3.8) is 0 Å². The minimum atomic E-state index is -0.0723. The van der Waals surface area contributed by atoms with Crippen LogP contribution in [0.4, 0.5) is 5.69 Å². The molecule has 3 rings (SSSR count). The number of anilines is 1. The number of aromatic nitrogens is 3. The molecule has 3 aromatic rings. The second kappa shape index (κ2) is 8.59. The van der Waals surface area contributed by atoms with Gasteiger partial charge in [-0.2, -0.15) is 0 Å². The first kappa shape index (κ1) is 19.5. The first-order valence-electron chi connectivity index (χ1n) is 8.67. The van der Waals surface area contributed by atoms with Gasteiger partial charge in [-0.05, 0) is 44.5 Å². The molecular formula is C20H21ClN4OS. The third kappa shape index (κ3) is 4.51. The average Bonchev–Trinajstić information content (AvgIpc) is 3.05. The molecule has 0 fully saturated rings. The topological polar surface area (TPSA) is 59.8 Å². The number of carbonyl (C=O) groups excluding carboxylic acids is 1. The Hall–Kier alpha value is -2.31. The van der Waals surface area contributed by atoms with Crippen molar-refractivity contribution in [1.82, 2.24) is 14.8 Å². The van der Waals surface area contributed by atoms with Gasteiger partial charge < -0.3 is 9.88 Å². The van der Waals surface area contributed by atoms with Crippen LogP contribution in [0.5, 0.6) is 0 Å². The molecule has 2 aromatic carbocycles. The van der Waals surface area contributed by atoms with E-state index in [-0.39, 0.29) is 11.7 Å². The number of aryl methyl sites for hydroxylation is 2. The summed E-state index contributed by atoms with van der Waals surface area (Å²) in [5.41, 5.74) is 3.88. The summed E-state index contributed by atoms with van der Waals surface area (Å²) in [6.07, 6.45) is 0. The molecule has 1 heterocycles. The van der Waals surface area contributed by atoms with E-state index in [1.165, 1.54) is 17.3 Å². The van der Waals surface area contributed by atoms with Crippen molar-refractivity contribution >= 4 is 35.0 Å². The normalized spacial score (nSPS) is 10.8. The van der Waals surface area contributed by atoms with Crippen molar-refractivity contribution in [2.24, 2.45) is 0 Å². The maximum absolute atomic E-state index is 12.3. The van der Waals surface area contributed by atoms with Crippen LogP contribution in [0.1, 0.15) is 18.1 Å². The minimum Gasteiger partial charge on any atom is -0.325 e. The summed E-state index contributed by atoms with van der Waals surface area (Å²) < 4.78 is 1.97. The molecule has 0 atom stereocenters. The average molecular weight is 401 g/mol. The van der Waals surface area contributed by atoms with Crippen LogP contribution in [0.15, 0.2) is 47.6 Å². The molecule has 0 aliphatic carbocycles. The van der Waals surface area contributed by atoms with Crippen molar-refractivity contribution in [2.75, 3.05) is 11.1 Å². The first-order chi connectivity index (χ1) is 13.0. The van der Waals surface area contributed by atoms with Crippen LogP contribution in [0.25, 0.3) is 11.4 Å². The summed E-state index contributed by atoms with van der Waals surface area (Å²) in [6, 6.07) is 13.5. The monoisotopic (exact) mass is 400 g/mol. The fourth-order valence-electron chi connectivity index (χ4n) is 2.79. The summed E-state index contributed by atoms with van der Waals surface area (Å²) in [5.74, 6) is 0.894. The molecule has 0 bridgehead atoms. The van der Waals surface area contributed by atoms with Gasteiger partial charge in [0.2, 0.25) is 5.91 Å². The van der Waals surface area contributed by atoms with Gasteiger partial charge >= 0.3 is 0 Å². The van der Waals surface area contributed by atoms with Crippen molar-refractivity contribution < 1.29 is 4.79 Å². The van der Waals surface area contributed by atoms with E-state index in [0.717, 1.165) is 16.8 Å². The Kier molecular flexibility index (Phi) is 6.19. The predicted octanol–water partition coefficient (Wildman–Crippen LogP) is 4.97. The number of hydrogen-bond acceptors (Lipinski definition) is 4. The molecular weight excluding hydrogens is 380 g/mol. The lowest BCUT2D eigenvalue weighted by Gasteiger charge is -2.10. The van der Waals surface area contributed by atoms with Gasteiger partial charge in [0.25, 0.3) is 0 Å². The molecule has 0 saturated heterocycles. The lowest BCUT2D eigenvalue weighted by molar-refractivity contribution is -0.113. The maximum atomic E-state index is 12.3. The van der Waals surface area contributed by atoms with Crippen molar-refractivity contribution in [3.8, 4) is 11.4 Å². The Morgan fingerprint density at radius 1 is 1.19 bits per heavy atom. The quantitative estimate of drug-likeness (QED) is 0.593. The van der Waals surface area contributed by atoms with Crippen molar-refractivity contribution in [3.05, 3.63) is 58.6 Å². The number of hydrogen-bond donors (Lipinski definition) is 1. The second-order valence-corrected chi connectivity index (χ2v) is 7.54. The maximum Gasteiger partial charge on any atom is 0.234 e. The summed E-state index contributed by atoms with van der Waals surface area (Å²) >= 11 is 7.65. The first-order valence-corrected chi connectivity index (χ1v) is 10.0. The highest BCUT2D eigenvalue weighted by Gasteiger charge is 2.16. The van der Waals surface area contributed by atoms with Gasteiger partial charge in [-0.25, -0.2) is 0 Å². The molecule has 5 nitrogen and oxygen atoms in total. The zero-order valence-electron chi connectivity index (χ0n) is 15.5. The number of nitrogens with zero attached hydrogens (tertiary/aromatic N) is 3. The Bertz CT molecular complexity index is 970. The zero-order chi connectivity index (χ0) is 19.4. The molecule has 27 heavy (non-hydrogen) atoms. The number of thioether (sulfide) groups is 1. The van der Waals surface area contributed by atoms with E-state index in [1.54, 1.807) is 0 Å². The molecule has 1 aromatic heterocycles. The zero-order valence-corrected chi connectivity index (χ0v) is 17.1. The lowest BCUT2D eigenvalue weighted by Crippen LogP contribution is -2.15. The van der Waals surface area contributed by atoms with Crippen LogP contribution >= 0.6 is 23.4 Å². The number of carbonyl (C=O) groups is 1. The molecule has 0 saturated carbocycles. The number of benzene rings is 2. The molecule has 0 spiro atoms. The third-order valence-corrected chi connectivity index (χ3v) is 5.43. The van der Waals surface area contributed by atoms with E-state index in [4.69, 9.17) is 11.6 Å². The molecule has 0 radical (unpaired) electrons. The van der Waals surface area contributed by atoms with Gasteiger partial charge in [-0.1, -0.05) is 53.2 Å². The van der Waals surface area contributed by atoms with Gasteiger partial charge in [-0.15, -0.1) is 10.2 Å². The van der Waals surface area contributed by atoms with Gasteiger partial charge in [0.05, 0.1) is 10.8 Å². The Labute approximate surface area is 168 Å². The van der Waals surface area contributed by atoms with E-state index >= 15 is 0 Å². The lowest BCUT2D eigenvalue weighted by atomic mass is 10.1. The van der Waals surface area contributed by atoms with Crippen LogP contribution < -0.4 is 5.32 Å². The molecule has 0 aliphatic heterocycles. The largest absolute Gasteiger partial charge is 0.325 e. The van der Waals surface area contributed by atoms with E-state index in [1.807, 2.05) is 67.8 Å². The van der Waals surface area contributed by atoms with Crippen molar-refractivity contribution in [1.29, 1.82) is 0 Å². The number of halogens is 1. The van der Waals surface area contributed by atoms with E-state index in [0.29, 0.717) is 22.5 Å². The smallest absolute Gasteiger partial charge is 0.234 e. The fourth-order valence-corrected chi connectivity index (χ4v) is 3.82. The van der Waals surface area contributed by atoms with Gasteiger partial charge in [0.15, 0.2) is 11.0 Å². The predicted molar refractivity (Wildman–Crippen MR) is 111 cm³/mol. The second-order valence-electron chi connectivity index (χ2n) is 6.19. The Morgan fingerprint density at radius 2 is 1.96 bits per heavy atom. The fraction of sp³-hybridized carbons (Fsp3) is 0.250.